The van der Waals surface area contributed by atoms with Gasteiger partial charge >= 0.3 is 0 Å². The maximum absolute atomic E-state index is 9.89. The van der Waals surface area contributed by atoms with Crippen molar-refractivity contribution in [3.8, 4) is 34.3 Å². The molecule has 0 radical (unpaired) electrons. The summed E-state index contributed by atoms with van der Waals surface area (Å²) in [5, 5.41) is 16.5. The van der Waals surface area contributed by atoms with Crippen molar-refractivity contribution in [1.29, 1.82) is 0 Å². The number of thiazole rings is 1. The van der Waals surface area contributed by atoms with Crippen LogP contribution in [0.1, 0.15) is 12.5 Å². The minimum atomic E-state index is 0.0956. The van der Waals surface area contributed by atoms with E-state index in [0.717, 1.165) is 27.4 Å². The molecule has 29 heavy (non-hydrogen) atoms. The minimum absolute atomic E-state index is 0.0956. The van der Waals surface area contributed by atoms with Gasteiger partial charge in [0.25, 0.3) is 0 Å². The molecule has 0 fully saturated rings. The second kappa shape index (κ2) is 9.29. The van der Waals surface area contributed by atoms with Gasteiger partial charge in [-0.2, -0.15) is 5.10 Å². The van der Waals surface area contributed by atoms with Crippen molar-refractivity contribution in [3.63, 3.8) is 0 Å². The fraction of sp³-hybridized carbons (Fsp3) is 0.238. The van der Waals surface area contributed by atoms with Gasteiger partial charge in [0, 0.05) is 18.0 Å². The second-order valence-electron chi connectivity index (χ2n) is 5.91. The molecule has 1 heterocycles. The van der Waals surface area contributed by atoms with E-state index in [-0.39, 0.29) is 5.75 Å². The summed E-state index contributed by atoms with van der Waals surface area (Å²) in [5.74, 6) is 1.94. The fourth-order valence-corrected chi connectivity index (χ4v) is 3.56. The molecule has 3 aromatic rings. The largest absolute Gasteiger partial charge is 0.504 e. The molecule has 0 aliphatic rings. The number of hydrogen-bond donors (Lipinski definition) is 1. The van der Waals surface area contributed by atoms with Crippen molar-refractivity contribution in [2.45, 2.75) is 6.92 Å². The molecule has 0 saturated carbocycles. The maximum Gasteiger partial charge on any atom is 0.205 e. The Hall–Kier alpha value is -3.26. The van der Waals surface area contributed by atoms with Gasteiger partial charge in [-0.15, -0.1) is 11.3 Å². The number of rotatable bonds is 7. The van der Waals surface area contributed by atoms with Crippen LogP contribution in [0.4, 0.5) is 0 Å². The van der Waals surface area contributed by atoms with Gasteiger partial charge in [-0.25, -0.2) is 4.68 Å². The van der Waals surface area contributed by atoms with Gasteiger partial charge in [0.2, 0.25) is 4.80 Å². The van der Waals surface area contributed by atoms with Crippen LogP contribution in [-0.4, -0.2) is 43.9 Å². The zero-order valence-corrected chi connectivity index (χ0v) is 17.6. The van der Waals surface area contributed by atoms with E-state index < -0.39 is 0 Å². The van der Waals surface area contributed by atoms with Crippen LogP contribution in [0, 0.1) is 0 Å². The van der Waals surface area contributed by atoms with Gasteiger partial charge in [-0.05, 0) is 48.9 Å². The van der Waals surface area contributed by atoms with Crippen molar-refractivity contribution < 1.29 is 19.3 Å². The number of hydrogen-bond acceptors (Lipinski definition) is 7. The lowest BCUT2D eigenvalue weighted by Crippen LogP contribution is -2.11. The van der Waals surface area contributed by atoms with Gasteiger partial charge in [0.1, 0.15) is 11.5 Å². The highest BCUT2D eigenvalue weighted by Gasteiger charge is 2.14. The maximum atomic E-state index is 9.89. The molecule has 8 heteroatoms. The third kappa shape index (κ3) is 4.43. The summed E-state index contributed by atoms with van der Waals surface area (Å²) in [6, 6.07) is 10.7. The van der Waals surface area contributed by atoms with E-state index in [1.165, 1.54) is 11.3 Å². The second-order valence-corrected chi connectivity index (χ2v) is 6.75. The fourth-order valence-electron chi connectivity index (χ4n) is 2.77. The molecule has 2 aromatic carbocycles. The standard InChI is InChI=1S/C21H23N3O4S/c1-5-28-20-10-14(6-8-18(20)25)12-23-24-17(13-29-21(24)22-2)16-11-15(26-3)7-9-19(16)27-4/h6-13,25H,5H2,1-4H3. The number of methoxy groups -OCH3 is 2. The summed E-state index contributed by atoms with van der Waals surface area (Å²) in [5.41, 5.74) is 2.46. The monoisotopic (exact) mass is 413 g/mol. The number of ether oxygens (including phenoxy) is 3. The number of phenols is 1. The van der Waals surface area contributed by atoms with Crippen LogP contribution < -0.4 is 19.0 Å². The summed E-state index contributed by atoms with van der Waals surface area (Å²) in [7, 11) is 4.97. The highest BCUT2D eigenvalue weighted by atomic mass is 32.1. The van der Waals surface area contributed by atoms with Crippen molar-refractivity contribution in [2.75, 3.05) is 27.9 Å². The number of aromatic hydroxyl groups is 1. The average Bonchev–Trinajstić information content (AvgIpc) is 3.16. The molecule has 1 N–H and O–H groups in total. The predicted molar refractivity (Wildman–Crippen MR) is 115 cm³/mol. The molecule has 1 aromatic heterocycles. The first-order valence-electron chi connectivity index (χ1n) is 8.97. The number of benzene rings is 2. The molecule has 0 saturated heterocycles. The normalized spacial score (nSPS) is 11.8. The third-order valence-electron chi connectivity index (χ3n) is 4.17. The summed E-state index contributed by atoms with van der Waals surface area (Å²) in [6.07, 6.45) is 1.69. The van der Waals surface area contributed by atoms with Gasteiger partial charge < -0.3 is 19.3 Å². The SMILES string of the molecule is CCOc1cc(C=Nn2c(-c3cc(OC)ccc3OC)csc2=NC)ccc1O. The zero-order valence-electron chi connectivity index (χ0n) is 16.7. The average molecular weight is 413 g/mol. The summed E-state index contributed by atoms with van der Waals surface area (Å²) < 4.78 is 18.1. The predicted octanol–water partition coefficient (Wildman–Crippen LogP) is 3.75. The molecule has 3 rings (SSSR count). The van der Waals surface area contributed by atoms with Crippen LogP contribution in [0.3, 0.4) is 0 Å². The van der Waals surface area contributed by atoms with Crippen LogP contribution >= 0.6 is 11.3 Å². The first kappa shape index (κ1) is 20.5. The third-order valence-corrected chi connectivity index (χ3v) is 5.07. The Morgan fingerprint density at radius 1 is 1.10 bits per heavy atom. The summed E-state index contributed by atoms with van der Waals surface area (Å²) in [6.45, 7) is 2.33. The van der Waals surface area contributed by atoms with Crippen molar-refractivity contribution in [3.05, 3.63) is 52.1 Å². The smallest absolute Gasteiger partial charge is 0.205 e. The van der Waals surface area contributed by atoms with E-state index in [2.05, 4.69) is 10.1 Å². The van der Waals surface area contributed by atoms with E-state index in [9.17, 15) is 5.11 Å². The number of nitrogens with zero attached hydrogens (tertiary/aromatic N) is 3. The first-order valence-corrected chi connectivity index (χ1v) is 9.85. The van der Waals surface area contributed by atoms with Crippen LogP contribution in [0.25, 0.3) is 11.3 Å². The molecule has 0 atom stereocenters. The molecule has 0 unspecified atom stereocenters. The first-order chi connectivity index (χ1) is 14.1. The molecule has 0 bridgehead atoms. The van der Waals surface area contributed by atoms with Gasteiger partial charge in [-0.3, -0.25) is 4.99 Å². The van der Waals surface area contributed by atoms with Crippen LogP contribution in [0.5, 0.6) is 23.0 Å². The van der Waals surface area contributed by atoms with Gasteiger partial charge in [0.15, 0.2) is 11.5 Å². The van der Waals surface area contributed by atoms with E-state index in [4.69, 9.17) is 14.2 Å². The molecule has 152 valence electrons. The summed E-state index contributed by atoms with van der Waals surface area (Å²) in [4.78, 5) is 5.05. The molecule has 0 aliphatic carbocycles. The zero-order chi connectivity index (χ0) is 20.8. The summed E-state index contributed by atoms with van der Waals surface area (Å²) >= 11 is 1.47. The van der Waals surface area contributed by atoms with Gasteiger partial charge in [-0.1, -0.05) is 0 Å². The van der Waals surface area contributed by atoms with E-state index in [1.807, 2.05) is 30.5 Å². The van der Waals surface area contributed by atoms with E-state index in [1.54, 1.807) is 50.4 Å². The molecular formula is C21H23N3O4S. The Balaban J connectivity index is 2.07. The Labute approximate surface area is 173 Å². The lowest BCUT2D eigenvalue weighted by Gasteiger charge is -2.11. The van der Waals surface area contributed by atoms with Crippen molar-refractivity contribution >= 4 is 17.6 Å². The van der Waals surface area contributed by atoms with Crippen LogP contribution in [0.15, 0.2) is 51.9 Å². The highest BCUT2D eigenvalue weighted by Crippen LogP contribution is 2.33. The topological polar surface area (TPSA) is 77.6 Å². The number of aromatic nitrogens is 1. The molecule has 7 nitrogen and oxygen atoms in total. The Bertz CT molecular complexity index is 1090. The van der Waals surface area contributed by atoms with E-state index in [0.29, 0.717) is 18.1 Å². The quantitative estimate of drug-likeness (QED) is 0.599. The van der Waals surface area contributed by atoms with Crippen LogP contribution in [0.2, 0.25) is 0 Å². The molecule has 0 amide bonds. The number of phenolic OH excluding ortho intramolecular Hbond substituents is 1. The van der Waals surface area contributed by atoms with Gasteiger partial charge in [0.05, 0.1) is 32.7 Å². The Morgan fingerprint density at radius 2 is 1.93 bits per heavy atom. The molecule has 0 spiro atoms. The highest BCUT2D eigenvalue weighted by molar-refractivity contribution is 7.07. The van der Waals surface area contributed by atoms with Crippen molar-refractivity contribution in [1.82, 2.24) is 4.68 Å². The lowest BCUT2D eigenvalue weighted by molar-refractivity contribution is 0.318. The van der Waals surface area contributed by atoms with Crippen LogP contribution in [-0.2, 0) is 0 Å². The Kier molecular flexibility index (Phi) is 6.56. The molecule has 0 aliphatic heterocycles. The Morgan fingerprint density at radius 3 is 2.62 bits per heavy atom. The van der Waals surface area contributed by atoms with Crippen molar-refractivity contribution in [2.24, 2.45) is 10.1 Å². The minimum Gasteiger partial charge on any atom is -0.504 e. The lowest BCUT2D eigenvalue weighted by atomic mass is 10.1. The molecular weight excluding hydrogens is 390 g/mol. The van der Waals surface area contributed by atoms with E-state index >= 15 is 0 Å².